The Labute approximate surface area is 125 Å². The van der Waals surface area contributed by atoms with Crippen LogP contribution in [0, 0.1) is 0 Å². The quantitative estimate of drug-likeness (QED) is 0.806. The fraction of sp³-hybridized carbons (Fsp3) is 1.00. The average molecular weight is 279 g/mol. The Hall–Kier alpha value is -0.120. The first-order valence-corrected chi connectivity index (χ1v) is 9.01. The Morgan fingerprint density at radius 3 is 2.35 bits per heavy atom. The fourth-order valence-electron chi connectivity index (χ4n) is 4.69. The van der Waals surface area contributed by atoms with E-state index >= 15 is 0 Å². The van der Waals surface area contributed by atoms with Gasteiger partial charge in [-0.3, -0.25) is 9.80 Å². The van der Waals surface area contributed by atoms with Crippen molar-refractivity contribution in [3.63, 3.8) is 0 Å². The fourth-order valence-corrected chi connectivity index (χ4v) is 4.69. The molecule has 3 unspecified atom stereocenters. The first-order valence-electron chi connectivity index (χ1n) is 9.01. The van der Waals surface area contributed by atoms with Crippen LogP contribution in [-0.4, -0.2) is 60.1 Å². The first-order chi connectivity index (χ1) is 9.78. The Bertz CT molecular complexity index is 287. The molecule has 0 amide bonds. The molecule has 0 aliphatic carbocycles. The second-order valence-electron chi connectivity index (χ2n) is 7.30. The van der Waals surface area contributed by atoms with E-state index < -0.39 is 0 Å². The summed E-state index contributed by atoms with van der Waals surface area (Å²) in [5.41, 5.74) is 0. The van der Waals surface area contributed by atoms with Gasteiger partial charge in [0.15, 0.2) is 0 Å². The molecule has 3 rings (SSSR count). The number of nitrogens with one attached hydrogen (secondary N) is 1. The molecular formula is C17H33N3. The number of rotatable bonds is 6. The van der Waals surface area contributed by atoms with Crippen LogP contribution in [0.5, 0.6) is 0 Å². The summed E-state index contributed by atoms with van der Waals surface area (Å²) in [5.74, 6) is 0. The molecule has 3 heteroatoms. The van der Waals surface area contributed by atoms with Crippen molar-refractivity contribution in [3.8, 4) is 0 Å². The number of likely N-dealkylation sites (tertiary alicyclic amines) is 1. The molecule has 1 N–H and O–H groups in total. The van der Waals surface area contributed by atoms with Crippen molar-refractivity contribution in [3.05, 3.63) is 0 Å². The molecule has 3 aliphatic rings. The average Bonchev–Trinajstić information content (AvgIpc) is 3.04. The minimum atomic E-state index is 0.765. The van der Waals surface area contributed by atoms with E-state index in [1.165, 1.54) is 71.1 Å². The summed E-state index contributed by atoms with van der Waals surface area (Å²) < 4.78 is 0. The summed E-state index contributed by atoms with van der Waals surface area (Å²) in [4.78, 5) is 5.58. The van der Waals surface area contributed by atoms with Gasteiger partial charge >= 0.3 is 0 Å². The molecule has 3 atom stereocenters. The van der Waals surface area contributed by atoms with Gasteiger partial charge in [0.25, 0.3) is 0 Å². The standard InChI is InChI=1S/C17H33N3/c1-3-8-18-15-11-16-6-7-17(12-15)20(16)13-14(2)19-9-4-5-10-19/h14-18H,3-13H2,1-2H3. The van der Waals surface area contributed by atoms with Gasteiger partial charge in [0.05, 0.1) is 0 Å². The number of nitrogens with zero attached hydrogens (tertiary/aromatic N) is 2. The van der Waals surface area contributed by atoms with Crippen LogP contribution in [0.1, 0.15) is 58.8 Å². The van der Waals surface area contributed by atoms with Crippen molar-refractivity contribution in [2.75, 3.05) is 26.2 Å². The van der Waals surface area contributed by atoms with E-state index in [0.717, 1.165) is 24.2 Å². The lowest BCUT2D eigenvalue weighted by Crippen LogP contribution is -2.52. The highest BCUT2D eigenvalue weighted by atomic mass is 15.3. The Morgan fingerprint density at radius 1 is 1.10 bits per heavy atom. The summed E-state index contributed by atoms with van der Waals surface area (Å²) >= 11 is 0. The lowest BCUT2D eigenvalue weighted by molar-refractivity contribution is 0.0824. The van der Waals surface area contributed by atoms with Gasteiger partial charge in [0, 0.05) is 30.7 Å². The van der Waals surface area contributed by atoms with Gasteiger partial charge in [0.1, 0.15) is 0 Å². The smallest absolute Gasteiger partial charge is 0.0195 e. The van der Waals surface area contributed by atoms with Gasteiger partial charge in [0.2, 0.25) is 0 Å². The second-order valence-corrected chi connectivity index (χ2v) is 7.30. The van der Waals surface area contributed by atoms with E-state index in [0.29, 0.717) is 0 Å². The zero-order chi connectivity index (χ0) is 13.9. The van der Waals surface area contributed by atoms with Crippen LogP contribution in [-0.2, 0) is 0 Å². The lowest BCUT2D eigenvalue weighted by Gasteiger charge is -2.41. The van der Waals surface area contributed by atoms with Crippen LogP contribution in [0.15, 0.2) is 0 Å². The molecule has 3 nitrogen and oxygen atoms in total. The van der Waals surface area contributed by atoms with Gasteiger partial charge in [-0.25, -0.2) is 0 Å². The highest BCUT2D eigenvalue weighted by Crippen LogP contribution is 2.36. The summed E-state index contributed by atoms with van der Waals surface area (Å²) in [6.07, 6.45) is 9.78. The molecule has 0 radical (unpaired) electrons. The number of fused-ring (bicyclic) bond motifs is 2. The van der Waals surface area contributed by atoms with Gasteiger partial charge in [-0.2, -0.15) is 0 Å². The molecule has 3 heterocycles. The summed E-state index contributed by atoms with van der Waals surface area (Å²) in [7, 11) is 0. The number of hydrogen-bond donors (Lipinski definition) is 1. The van der Waals surface area contributed by atoms with Crippen LogP contribution in [0.2, 0.25) is 0 Å². The molecular weight excluding hydrogens is 246 g/mol. The van der Waals surface area contributed by atoms with Crippen molar-refractivity contribution in [2.24, 2.45) is 0 Å². The molecule has 0 saturated carbocycles. The van der Waals surface area contributed by atoms with Crippen molar-refractivity contribution >= 4 is 0 Å². The molecule has 0 aromatic heterocycles. The van der Waals surface area contributed by atoms with Crippen LogP contribution >= 0.6 is 0 Å². The second kappa shape index (κ2) is 6.76. The molecule has 116 valence electrons. The van der Waals surface area contributed by atoms with Crippen molar-refractivity contribution in [1.29, 1.82) is 0 Å². The predicted octanol–water partition coefficient (Wildman–Crippen LogP) is 2.47. The van der Waals surface area contributed by atoms with Gasteiger partial charge < -0.3 is 5.32 Å². The van der Waals surface area contributed by atoms with E-state index in [1.54, 1.807) is 0 Å². The van der Waals surface area contributed by atoms with E-state index in [9.17, 15) is 0 Å². The molecule has 3 aliphatic heterocycles. The van der Waals surface area contributed by atoms with Crippen LogP contribution < -0.4 is 5.32 Å². The summed E-state index contributed by atoms with van der Waals surface area (Å²) in [6, 6.07) is 3.30. The molecule has 3 saturated heterocycles. The van der Waals surface area contributed by atoms with Gasteiger partial charge in [-0.05, 0) is 71.5 Å². The molecule has 0 aromatic rings. The molecule has 2 bridgehead atoms. The van der Waals surface area contributed by atoms with Gasteiger partial charge in [-0.15, -0.1) is 0 Å². The summed E-state index contributed by atoms with van der Waals surface area (Å²) in [5, 5.41) is 3.76. The number of hydrogen-bond acceptors (Lipinski definition) is 3. The van der Waals surface area contributed by atoms with Crippen LogP contribution in [0.3, 0.4) is 0 Å². The predicted molar refractivity (Wildman–Crippen MR) is 85.1 cm³/mol. The minimum Gasteiger partial charge on any atom is -0.314 e. The Kier molecular flexibility index (Phi) is 5.00. The molecule has 3 fully saturated rings. The van der Waals surface area contributed by atoms with Crippen LogP contribution in [0.4, 0.5) is 0 Å². The maximum atomic E-state index is 3.76. The van der Waals surface area contributed by atoms with Gasteiger partial charge in [-0.1, -0.05) is 6.92 Å². The zero-order valence-corrected chi connectivity index (χ0v) is 13.5. The minimum absolute atomic E-state index is 0.765. The highest BCUT2D eigenvalue weighted by Gasteiger charge is 2.41. The maximum Gasteiger partial charge on any atom is 0.0195 e. The molecule has 0 spiro atoms. The topological polar surface area (TPSA) is 18.5 Å². The van der Waals surface area contributed by atoms with E-state index in [-0.39, 0.29) is 0 Å². The molecule has 0 aromatic carbocycles. The van der Waals surface area contributed by atoms with E-state index in [1.807, 2.05) is 0 Å². The Morgan fingerprint density at radius 2 is 1.75 bits per heavy atom. The third kappa shape index (κ3) is 3.20. The maximum absolute atomic E-state index is 3.76. The van der Waals surface area contributed by atoms with Crippen molar-refractivity contribution < 1.29 is 0 Å². The highest BCUT2D eigenvalue weighted by molar-refractivity contribution is 4.98. The Balaban J connectivity index is 1.51. The largest absolute Gasteiger partial charge is 0.314 e. The monoisotopic (exact) mass is 279 g/mol. The van der Waals surface area contributed by atoms with Crippen LogP contribution in [0.25, 0.3) is 0 Å². The van der Waals surface area contributed by atoms with E-state index in [4.69, 9.17) is 0 Å². The molecule has 20 heavy (non-hydrogen) atoms. The normalized spacial score (nSPS) is 36.6. The van der Waals surface area contributed by atoms with Crippen molar-refractivity contribution in [2.45, 2.75) is 83.0 Å². The third-order valence-electron chi connectivity index (χ3n) is 5.81. The zero-order valence-electron chi connectivity index (χ0n) is 13.5. The number of piperidine rings is 1. The van der Waals surface area contributed by atoms with Crippen molar-refractivity contribution in [1.82, 2.24) is 15.1 Å². The lowest BCUT2D eigenvalue weighted by atomic mass is 9.96. The summed E-state index contributed by atoms with van der Waals surface area (Å²) in [6.45, 7) is 9.92. The van der Waals surface area contributed by atoms with E-state index in [2.05, 4.69) is 29.0 Å². The SMILES string of the molecule is CCCNC1CC2CCC(C1)N2CC(C)N1CCCC1. The first kappa shape index (κ1) is 14.8. The third-order valence-corrected chi connectivity index (χ3v) is 5.81.